The molecule has 0 radical (unpaired) electrons. The third-order valence-corrected chi connectivity index (χ3v) is 3.84. The van der Waals surface area contributed by atoms with Crippen LogP contribution in [-0.4, -0.2) is 64.8 Å². The first-order valence-electron chi connectivity index (χ1n) is 6.85. The number of rotatable bonds is 6. The summed E-state index contributed by atoms with van der Waals surface area (Å²) in [5.41, 5.74) is 0. The molecule has 0 heterocycles. The molecule has 2 fully saturated rings. The first-order chi connectivity index (χ1) is 8.95. The van der Waals surface area contributed by atoms with Gasteiger partial charge in [-0.1, -0.05) is 0 Å². The lowest BCUT2D eigenvalue weighted by Crippen LogP contribution is -2.47. The van der Waals surface area contributed by atoms with Crippen molar-refractivity contribution in [3.8, 4) is 0 Å². The maximum absolute atomic E-state index is 12.2. The topological polar surface area (TPSA) is 81.1 Å². The van der Waals surface area contributed by atoms with E-state index in [1.807, 2.05) is 0 Å². The van der Waals surface area contributed by atoms with Crippen molar-refractivity contribution in [1.82, 2.24) is 9.80 Å². The molecule has 0 bridgehead atoms. The highest BCUT2D eigenvalue weighted by Gasteiger charge is 2.32. The van der Waals surface area contributed by atoms with Crippen LogP contribution < -0.4 is 0 Å². The van der Waals surface area contributed by atoms with Gasteiger partial charge in [0.1, 0.15) is 6.54 Å². The molecule has 6 nitrogen and oxygen atoms in total. The normalized spacial score (nSPS) is 25.6. The Kier molecular flexibility index (Phi) is 4.29. The Morgan fingerprint density at radius 1 is 1.16 bits per heavy atom. The van der Waals surface area contributed by atoms with Gasteiger partial charge in [-0.05, 0) is 37.5 Å². The SMILES string of the molecule is CN(CC1CC(O)C1)C(=O)N(CC(=O)O)CC1CC1. The molecule has 0 aromatic carbocycles. The molecular weight excluding hydrogens is 248 g/mol. The molecule has 2 aliphatic rings. The number of hydrogen-bond donors (Lipinski definition) is 2. The van der Waals surface area contributed by atoms with Crippen molar-refractivity contribution < 1.29 is 19.8 Å². The van der Waals surface area contributed by atoms with Crippen LogP contribution in [0.25, 0.3) is 0 Å². The van der Waals surface area contributed by atoms with E-state index < -0.39 is 5.97 Å². The Bertz CT molecular complexity index is 351. The number of carbonyl (C=O) groups excluding carboxylic acids is 1. The number of aliphatic carboxylic acids is 1. The summed E-state index contributed by atoms with van der Waals surface area (Å²) >= 11 is 0. The van der Waals surface area contributed by atoms with Crippen LogP contribution >= 0.6 is 0 Å². The minimum Gasteiger partial charge on any atom is -0.480 e. The highest BCUT2D eigenvalue weighted by atomic mass is 16.4. The summed E-state index contributed by atoms with van der Waals surface area (Å²) in [6.07, 6.45) is 3.41. The molecule has 108 valence electrons. The van der Waals surface area contributed by atoms with Crippen LogP contribution in [0.5, 0.6) is 0 Å². The average molecular weight is 270 g/mol. The lowest BCUT2D eigenvalue weighted by Gasteiger charge is -2.36. The van der Waals surface area contributed by atoms with Gasteiger partial charge in [-0.2, -0.15) is 0 Å². The Balaban J connectivity index is 1.83. The summed E-state index contributed by atoms with van der Waals surface area (Å²) in [7, 11) is 1.70. The summed E-state index contributed by atoms with van der Waals surface area (Å²) in [4.78, 5) is 26.1. The van der Waals surface area contributed by atoms with Crippen molar-refractivity contribution in [2.75, 3.05) is 26.7 Å². The number of carbonyl (C=O) groups is 2. The van der Waals surface area contributed by atoms with E-state index in [2.05, 4.69) is 0 Å². The summed E-state index contributed by atoms with van der Waals surface area (Å²) in [5.74, 6) is -0.153. The molecule has 0 aliphatic heterocycles. The number of hydrogen-bond acceptors (Lipinski definition) is 3. The first-order valence-corrected chi connectivity index (χ1v) is 6.85. The van der Waals surface area contributed by atoms with Gasteiger partial charge in [0.25, 0.3) is 0 Å². The van der Waals surface area contributed by atoms with Crippen molar-refractivity contribution in [3.05, 3.63) is 0 Å². The number of aliphatic hydroxyl groups excluding tert-OH is 1. The van der Waals surface area contributed by atoms with Gasteiger partial charge in [0.05, 0.1) is 6.10 Å². The van der Waals surface area contributed by atoms with Crippen molar-refractivity contribution in [2.24, 2.45) is 11.8 Å². The van der Waals surface area contributed by atoms with Crippen molar-refractivity contribution >= 4 is 12.0 Å². The van der Waals surface area contributed by atoms with Crippen LogP contribution in [0.4, 0.5) is 4.79 Å². The molecule has 2 N–H and O–H groups in total. The van der Waals surface area contributed by atoms with Crippen LogP contribution in [0.2, 0.25) is 0 Å². The molecule has 2 amide bonds. The molecule has 0 saturated heterocycles. The zero-order valence-corrected chi connectivity index (χ0v) is 11.3. The maximum atomic E-state index is 12.2. The van der Waals surface area contributed by atoms with Gasteiger partial charge in [-0.25, -0.2) is 4.79 Å². The van der Waals surface area contributed by atoms with E-state index in [0.717, 1.165) is 25.7 Å². The fourth-order valence-electron chi connectivity index (χ4n) is 2.54. The number of aliphatic hydroxyl groups is 1. The first kappa shape index (κ1) is 14.1. The van der Waals surface area contributed by atoms with E-state index in [1.54, 1.807) is 11.9 Å². The zero-order valence-electron chi connectivity index (χ0n) is 11.3. The number of amides is 2. The Hall–Kier alpha value is -1.30. The second-order valence-corrected chi connectivity index (χ2v) is 5.87. The van der Waals surface area contributed by atoms with Gasteiger partial charge < -0.3 is 20.0 Å². The lowest BCUT2D eigenvalue weighted by molar-refractivity contribution is -0.137. The minimum atomic E-state index is -0.971. The minimum absolute atomic E-state index is 0.212. The van der Waals surface area contributed by atoms with Gasteiger partial charge in [0.15, 0.2) is 0 Å². The van der Waals surface area contributed by atoms with Crippen molar-refractivity contribution in [1.29, 1.82) is 0 Å². The van der Waals surface area contributed by atoms with Crippen LogP contribution in [-0.2, 0) is 4.79 Å². The predicted octanol–water partition coefficient (Wildman–Crippen LogP) is 0.606. The quantitative estimate of drug-likeness (QED) is 0.741. The summed E-state index contributed by atoms with van der Waals surface area (Å²) in [6.45, 7) is 0.909. The monoisotopic (exact) mass is 270 g/mol. The lowest BCUT2D eigenvalue weighted by atomic mass is 9.82. The molecule has 2 aliphatic carbocycles. The van der Waals surface area contributed by atoms with Crippen LogP contribution in [0.3, 0.4) is 0 Å². The highest BCUT2D eigenvalue weighted by molar-refractivity contribution is 5.80. The predicted molar refractivity (Wildman–Crippen MR) is 68.7 cm³/mol. The van der Waals surface area contributed by atoms with Gasteiger partial charge >= 0.3 is 12.0 Å². The smallest absolute Gasteiger partial charge is 0.323 e. The molecule has 0 aromatic heterocycles. The molecule has 0 atom stereocenters. The fourth-order valence-corrected chi connectivity index (χ4v) is 2.54. The Morgan fingerprint density at radius 2 is 1.79 bits per heavy atom. The number of carboxylic acid groups (broad SMARTS) is 1. The largest absolute Gasteiger partial charge is 0.480 e. The molecule has 6 heteroatoms. The van der Waals surface area contributed by atoms with Crippen LogP contribution in [0.1, 0.15) is 25.7 Å². The van der Waals surface area contributed by atoms with Crippen LogP contribution in [0, 0.1) is 11.8 Å². The van der Waals surface area contributed by atoms with E-state index in [4.69, 9.17) is 5.11 Å². The highest BCUT2D eigenvalue weighted by Crippen LogP contribution is 2.30. The maximum Gasteiger partial charge on any atom is 0.323 e. The van der Waals surface area contributed by atoms with Gasteiger partial charge in [-0.3, -0.25) is 4.79 Å². The van der Waals surface area contributed by atoms with E-state index >= 15 is 0 Å². The van der Waals surface area contributed by atoms with E-state index in [1.165, 1.54) is 4.90 Å². The van der Waals surface area contributed by atoms with E-state index in [0.29, 0.717) is 24.9 Å². The Labute approximate surface area is 113 Å². The zero-order chi connectivity index (χ0) is 14.0. The van der Waals surface area contributed by atoms with Crippen molar-refractivity contribution in [2.45, 2.75) is 31.8 Å². The number of carboxylic acids is 1. The number of urea groups is 1. The summed E-state index contributed by atoms with van der Waals surface area (Å²) in [6, 6.07) is -0.212. The molecule has 19 heavy (non-hydrogen) atoms. The third kappa shape index (κ3) is 4.09. The molecule has 2 saturated carbocycles. The van der Waals surface area contributed by atoms with Gasteiger partial charge in [0.2, 0.25) is 0 Å². The Morgan fingerprint density at radius 3 is 2.26 bits per heavy atom. The summed E-state index contributed by atoms with van der Waals surface area (Å²) < 4.78 is 0. The molecule has 0 spiro atoms. The molecule has 0 unspecified atom stereocenters. The second kappa shape index (κ2) is 5.77. The average Bonchev–Trinajstić information content (AvgIpc) is 3.08. The van der Waals surface area contributed by atoms with Crippen molar-refractivity contribution in [3.63, 3.8) is 0 Å². The molecule has 0 aromatic rings. The third-order valence-electron chi connectivity index (χ3n) is 3.84. The summed E-state index contributed by atoms with van der Waals surface area (Å²) in [5, 5.41) is 18.1. The number of nitrogens with zero attached hydrogens (tertiary/aromatic N) is 2. The van der Waals surface area contributed by atoms with Gasteiger partial charge in [0, 0.05) is 20.1 Å². The van der Waals surface area contributed by atoms with Gasteiger partial charge in [-0.15, -0.1) is 0 Å². The second-order valence-electron chi connectivity index (χ2n) is 5.87. The standard InChI is InChI=1S/C13H22N2O4/c1-14(6-10-4-11(16)5-10)13(19)15(8-12(17)18)7-9-2-3-9/h9-11,16H,2-8H2,1H3,(H,17,18). The fraction of sp³-hybridized carbons (Fsp3) is 0.846. The molecule has 2 rings (SSSR count). The van der Waals surface area contributed by atoms with E-state index in [-0.39, 0.29) is 18.7 Å². The molecular formula is C13H22N2O4. The van der Waals surface area contributed by atoms with Crippen LogP contribution in [0.15, 0.2) is 0 Å². The van der Waals surface area contributed by atoms with E-state index in [9.17, 15) is 14.7 Å².